The van der Waals surface area contributed by atoms with Crippen LogP contribution in [0.4, 0.5) is 4.79 Å². The summed E-state index contributed by atoms with van der Waals surface area (Å²) in [5.74, 6) is -1.90. The lowest BCUT2D eigenvalue weighted by Gasteiger charge is -2.28. The van der Waals surface area contributed by atoms with E-state index >= 15 is 0 Å². The normalized spacial score (nSPS) is 14.3. The van der Waals surface area contributed by atoms with Gasteiger partial charge in [0.05, 0.1) is 0 Å². The molecule has 0 spiro atoms. The van der Waals surface area contributed by atoms with Crippen LogP contribution in [-0.4, -0.2) is 53.8 Å². The Bertz CT molecular complexity index is 1060. The number of carbonyl (C=O) groups excluding carboxylic acids is 2. The summed E-state index contributed by atoms with van der Waals surface area (Å²) >= 11 is 0. The Morgan fingerprint density at radius 3 is 2.09 bits per heavy atom. The maximum Gasteiger partial charge on any atom is 0.410 e. The standard InChI is InChI=1S/C28H33NO6/c1-6-24(28(2,3)4)35-25(30)16-15-23(26(31)32)29(5)27(33)34-17-22-20-13-9-7-11-18(20)19-12-8-10-14-21(19)22/h6-14,22-24H,1,15-17H2,2-5H3,(H,31,32)/t23-,24?/m1/s1. The first-order valence-electron chi connectivity index (χ1n) is 11.7. The van der Waals surface area contributed by atoms with E-state index in [0.29, 0.717) is 0 Å². The maximum atomic E-state index is 12.8. The summed E-state index contributed by atoms with van der Waals surface area (Å²) in [5.41, 5.74) is 4.01. The molecule has 3 rings (SSSR count). The highest BCUT2D eigenvalue weighted by atomic mass is 16.6. The number of nitrogens with zero attached hydrogens (tertiary/aromatic N) is 1. The van der Waals surface area contributed by atoms with Crippen LogP contribution >= 0.6 is 0 Å². The molecule has 0 bridgehead atoms. The van der Waals surface area contributed by atoms with Crippen molar-refractivity contribution in [2.75, 3.05) is 13.7 Å². The predicted molar refractivity (Wildman–Crippen MR) is 133 cm³/mol. The topological polar surface area (TPSA) is 93.1 Å². The second-order valence-corrected chi connectivity index (χ2v) is 9.82. The first-order chi connectivity index (χ1) is 16.5. The van der Waals surface area contributed by atoms with Crippen LogP contribution in [-0.2, 0) is 19.1 Å². The van der Waals surface area contributed by atoms with Gasteiger partial charge in [-0.25, -0.2) is 9.59 Å². The molecule has 0 aromatic heterocycles. The molecule has 0 radical (unpaired) electrons. The minimum atomic E-state index is -1.23. The van der Waals surface area contributed by atoms with Crippen LogP contribution < -0.4 is 0 Å². The number of ether oxygens (including phenoxy) is 2. The van der Waals surface area contributed by atoms with Crippen molar-refractivity contribution in [1.29, 1.82) is 0 Å². The molecule has 0 fully saturated rings. The predicted octanol–water partition coefficient (Wildman–Crippen LogP) is 5.24. The van der Waals surface area contributed by atoms with Crippen LogP contribution in [0.15, 0.2) is 61.2 Å². The minimum Gasteiger partial charge on any atom is -0.480 e. The van der Waals surface area contributed by atoms with Gasteiger partial charge in [-0.05, 0) is 28.7 Å². The van der Waals surface area contributed by atoms with Crippen molar-refractivity contribution in [3.8, 4) is 11.1 Å². The van der Waals surface area contributed by atoms with E-state index in [0.717, 1.165) is 27.2 Å². The van der Waals surface area contributed by atoms with Gasteiger partial charge < -0.3 is 14.6 Å². The Kier molecular flexibility index (Phi) is 7.99. The Balaban J connectivity index is 1.62. The van der Waals surface area contributed by atoms with E-state index in [9.17, 15) is 19.5 Å². The molecule has 7 heteroatoms. The lowest BCUT2D eigenvalue weighted by atomic mass is 9.89. The average Bonchev–Trinajstić information content (AvgIpc) is 3.13. The Labute approximate surface area is 206 Å². The number of amides is 1. The average molecular weight is 480 g/mol. The summed E-state index contributed by atoms with van der Waals surface area (Å²) in [6.07, 6.45) is 0.0424. The van der Waals surface area contributed by atoms with Crippen LogP contribution in [0.2, 0.25) is 0 Å². The Hall–Kier alpha value is -3.61. The lowest BCUT2D eigenvalue weighted by Crippen LogP contribution is -2.43. The molecule has 0 aliphatic heterocycles. The monoisotopic (exact) mass is 479 g/mol. The summed E-state index contributed by atoms with van der Waals surface area (Å²) in [7, 11) is 1.37. The van der Waals surface area contributed by atoms with E-state index in [2.05, 4.69) is 6.58 Å². The second-order valence-electron chi connectivity index (χ2n) is 9.82. The van der Waals surface area contributed by atoms with Crippen LogP contribution in [0.25, 0.3) is 11.1 Å². The van der Waals surface area contributed by atoms with E-state index in [1.165, 1.54) is 7.05 Å². The van der Waals surface area contributed by atoms with Crippen molar-refractivity contribution in [3.63, 3.8) is 0 Å². The number of rotatable bonds is 9. The molecule has 2 aromatic carbocycles. The van der Waals surface area contributed by atoms with Crippen LogP contribution in [0.1, 0.15) is 50.7 Å². The van der Waals surface area contributed by atoms with E-state index in [-0.39, 0.29) is 30.8 Å². The number of hydrogen-bond donors (Lipinski definition) is 1. The molecule has 1 N–H and O–H groups in total. The van der Waals surface area contributed by atoms with Crippen LogP contribution in [0.3, 0.4) is 0 Å². The van der Waals surface area contributed by atoms with Gasteiger partial charge in [-0.2, -0.15) is 0 Å². The molecule has 1 aliphatic rings. The molecule has 186 valence electrons. The molecule has 2 aromatic rings. The number of hydrogen-bond acceptors (Lipinski definition) is 5. The summed E-state index contributed by atoms with van der Waals surface area (Å²) in [4.78, 5) is 38.0. The molecule has 0 saturated carbocycles. The van der Waals surface area contributed by atoms with Gasteiger partial charge in [-0.3, -0.25) is 9.69 Å². The highest BCUT2D eigenvalue weighted by Gasteiger charge is 2.33. The first kappa shape index (κ1) is 26.0. The number of carboxylic acids is 1. The smallest absolute Gasteiger partial charge is 0.410 e. The second kappa shape index (κ2) is 10.8. The summed E-state index contributed by atoms with van der Waals surface area (Å²) in [5, 5.41) is 9.69. The van der Waals surface area contributed by atoms with Gasteiger partial charge in [0.1, 0.15) is 18.8 Å². The highest BCUT2D eigenvalue weighted by molar-refractivity contribution is 5.81. The molecule has 2 atom stereocenters. The maximum absolute atomic E-state index is 12.8. The number of aliphatic carboxylic acids is 1. The number of carbonyl (C=O) groups is 3. The fourth-order valence-electron chi connectivity index (χ4n) is 4.34. The molecule has 1 aliphatic carbocycles. The molecule has 7 nitrogen and oxygen atoms in total. The van der Waals surface area contributed by atoms with Crippen LogP contribution in [0.5, 0.6) is 0 Å². The summed E-state index contributed by atoms with van der Waals surface area (Å²) < 4.78 is 11.0. The number of esters is 1. The molecule has 0 saturated heterocycles. The summed E-state index contributed by atoms with van der Waals surface area (Å²) in [6.45, 7) is 9.52. The largest absolute Gasteiger partial charge is 0.480 e. The third kappa shape index (κ3) is 5.91. The molecule has 35 heavy (non-hydrogen) atoms. The highest BCUT2D eigenvalue weighted by Crippen LogP contribution is 2.44. The van der Waals surface area contributed by atoms with Gasteiger partial charge in [-0.1, -0.05) is 82.0 Å². The zero-order valence-corrected chi connectivity index (χ0v) is 20.7. The van der Waals surface area contributed by atoms with Gasteiger partial charge in [0.2, 0.25) is 0 Å². The number of benzene rings is 2. The van der Waals surface area contributed by atoms with Crippen molar-refractivity contribution >= 4 is 18.0 Å². The van der Waals surface area contributed by atoms with E-state index < -0.39 is 30.2 Å². The third-order valence-electron chi connectivity index (χ3n) is 6.32. The Morgan fingerprint density at radius 2 is 1.60 bits per heavy atom. The SMILES string of the molecule is C=CC(OC(=O)CC[C@H](C(=O)O)N(C)C(=O)OCC1c2ccccc2-c2ccccc21)C(C)(C)C. The van der Waals surface area contributed by atoms with Crippen molar-refractivity contribution in [3.05, 3.63) is 72.3 Å². The van der Waals surface area contributed by atoms with Gasteiger partial charge in [-0.15, -0.1) is 0 Å². The minimum absolute atomic E-state index is 0.0815. The van der Waals surface area contributed by atoms with E-state index in [1.807, 2.05) is 69.3 Å². The molecule has 0 heterocycles. The van der Waals surface area contributed by atoms with Crippen LogP contribution in [0, 0.1) is 5.41 Å². The quantitative estimate of drug-likeness (QED) is 0.390. The molecule has 1 unspecified atom stereocenters. The van der Waals surface area contributed by atoms with Gasteiger partial charge in [0.25, 0.3) is 0 Å². The zero-order chi connectivity index (χ0) is 25.8. The third-order valence-corrected chi connectivity index (χ3v) is 6.32. The first-order valence-corrected chi connectivity index (χ1v) is 11.7. The van der Waals surface area contributed by atoms with Gasteiger partial charge >= 0.3 is 18.0 Å². The van der Waals surface area contributed by atoms with E-state index in [1.54, 1.807) is 6.08 Å². The Morgan fingerprint density at radius 1 is 1.06 bits per heavy atom. The van der Waals surface area contributed by atoms with Crippen molar-refractivity contribution in [2.24, 2.45) is 5.41 Å². The molecular weight excluding hydrogens is 446 g/mol. The molecule has 1 amide bonds. The van der Waals surface area contributed by atoms with E-state index in [4.69, 9.17) is 9.47 Å². The zero-order valence-electron chi connectivity index (χ0n) is 20.7. The van der Waals surface area contributed by atoms with Gasteiger partial charge in [0, 0.05) is 24.8 Å². The summed E-state index contributed by atoms with van der Waals surface area (Å²) in [6, 6.07) is 14.7. The fourth-order valence-corrected chi connectivity index (χ4v) is 4.34. The fraction of sp³-hybridized carbons (Fsp3) is 0.393. The number of carboxylic acid groups (broad SMARTS) is 1. The molecular formula is C28H33NO6. The van der Waals surface area contributed by atoms with Gasteiger partial charge in [0.15, 0.2) is 0 Å². The van der Waals surface area contributed by atoms with Crippen molar-refractivity contribution in [1.82, 2.24) is 4.90 Å². The number of likely N-dealkylation sites (N-methyl/N-ethyl adjacent to an activating group) is 1. The van der Waals surface area contributed by atoms with Crippen molar-refractivity contribution < 1.29 is 29.0 Å². The number of fused-ring (bicyclic) bond motifs is 3. The van der Waals surface area contributed by atoms with Crippen molar-refractivity contribution in [2.45, 2.75) is 51.7 Å². The lowest BCUT2D eigenvalue weighted by molar-refractivity contribution is -0.152.